The number of aliphatic hydroxyl groups excluding tert-OH is 1. The van der Waals surface area contributed by atoms with Gasteiger partial charge in [0.15, 0.2) is 11.5 Å². The first-order valence-corrected chi connectivity index (χ1v) is 12.0. The number of aromatic nitrogens is 2. The lowest BCUT2D eigenvalue weighted by Crippen LogP contribution is -2.48. The van der Waals surface area contributed by atoms with Crippen LogP contribution in [0.4, 0.5) is 0 Å². The molecule has 3 heterocycles. The summed E-state index contributed by atoms with van der Waals surface area (Å²) in [5.74, 6) is 0.179. The molecule has 2 atom stereocenters. The largest absolute Gasteiger partial charge is 0.391 e. The topological polar surface area (TPSA) is 96.5 Å². The normalized spacial score (nSPS) is 18.6. The van der Waals surface area contributed by atoms with Crippen LogP contribution in [0.25, 0.3) is 10.4 Å². The van der Waals surface area contributed by atoms with Crippen molar-refractivity contribution < 1.29 is 19.2 Å². The Kier molecular flexibility index (Phi) is 6.50. The molecule has 1 saturated heterocycles. The minimum absolute atomic E-state index is 0.0353. The van der Waals surface area contributed by atoms with E-state index in [9.17, 15) is 14.7 Å². The number of aliphatic hydroxyl groups is 1. The van der Waals surface area contributed by atoms with Crippen molar-refractivity contribution in [2.24, 2.45) is 0 Å². The van der Waals surface area contributed by atoms with E-state index >= 15 is 0 Å². The highest BCUT2D eigenvalue weighted by atomic mass is 32.1. The van der Waals surface area contributed by atoms with Crippen LogP contribution in [0, 0.1) is 13.8 Å². The molecule has 1 N–H and O–H groups in total. The van der Waals surface area contributed by atoms with Crippen LogP contribution >= 0.6 is 11.3 Å². The van der Waals surface area contributed by atoms with Crippen LogP contribution < -0.4 is 0 Å². The number of likely N-dealkylation sites (tertiary alicyclic amines) is 1. The summed E-state index contributed by atoms with van der Waals surface area (Å²) < 4.78 is 5.33. The summed E-state index contributed by atoms with van der Waals surface area (Å²) in [6.45, 7) is 7.45. The molecule has 0 bridgehead atoms. The van der Waals surface area contributed by atoms with Gasteiger partial charge in [-0.1, -0.05) is 29.4 Å². The average Bonchev–Trinajstić information content (AvgIpc) is 3.52. The van der Waals surface area contributed by atoms with Crippen LogP contribution in [0.1, 0.15) is 49.4 Å². The maximum absolute atomic E-state index is 13.4. The summed E-state index contributed by atoms with van der Waals surface area (Å²) >= 11 is 1.61. The van der Waals surface area contributed by atoms with Gasteiger partial charge in [-0.2, -0.15) is 0 Å². The van der Waals surface area contributed by atoms with Crippen molar-refractivity contribution in [1.29, 1.82) is 0 Å². The number of aryl methyl sites for hydroxylation is 3. The van der Waals surface area contributed by atoms with Crippen LogP contribution in [0.3, 0.4) is 0 Å². The zero-order chi connectivity index (χ0) is 23.8. The number of Topliss-reactive ketones (excluding diaryl/α,β-unsaturated/α-hetero) is 1. The third-order valence-corrected chi connectivity index (χ3v) is 7.29. The molecule has 4 rings (SSSR count). The molecule has 2 aromatic heterocycles. The van der Waals surface area contributed by atoms with Crippen LogP contribution in [0.2, 0.25) is 0 Å². The number of rotatable bonds is 7. The van der Waals surface area contributed by atoms with E-state index in [2.05, 4.69) is 22.3 Å². The Morgan fingerprint density at radius 3 is 2.58 bits per heavy atom. The number of nitrogens with zero attached hydrogens (tertiary/aromatic N) is 3. The Hall–Kier alpha value is -2.84. The third kappa shape index (κ3) is 4.77. The molecule has 174 valence electrons. The Bertz CT molecular complexity index is 1150. The van der Waals surface area contributed by atoms with Crippen LogP contribution in [0.5, 0.6) is 0 Å². The number of hydrogen-bond donors (Lipinski definition) is 1. The number of ketones is 1. The molecule has 3 aromatic rings. The fraction of sp³-hybridized carbons (Fsp3) is 0.440. The van der Waals surface area contributed by atoms with E-state index in [1.54, 1.807) is 38.2 Å². The standard InChI is InChI=1S/C25H29N3O4S/c1-15-11-22(32-27-15)25(3,4)24(31)28-13-19(29)12-20(28)21(30)10-7-17-5-8-18(9-6-17)23-16(2)26-14-33-23/h5-6,8-9,11,14,19-20,29H,7,10,12-13H2,1-4H3/t19-,20+/m1/s1. The Morgan fingerprint density at radius 2 is 1.97 bits per heavy atom. The SMILES string of the molecule is Cc1cc(C(C)(C)C(=O)N2C[C@H](O)C[C@H]2C(=O)CCc2ccc(-c3scnc3C)cc2)on1. The number of amides is 1. The zero-order valence-electron chi connectivity index (χ0n) is 19.4. The second kappa shape index (κ2) is 9.19. The van der Waals surface area contributed by atoms with Gasteiger partial charge in [-0.3, -0.25) is 9.59 Å². The van der Waals surface area contributed by atoms with Gasteiger partial charge in [-0.25, -0.2) is 4.98 Å². The van der Waals surface area contributed by atoms with Gasteiger partial charge in [0.1, 0.15) is 5.41 Å². The van der Waals surface area contributed by atoms with Gasteiger partial charge in [0.05, 0.1) is 33.9 Å². The van der Waals surface area contributed by atoms with E-state index in [1.807, 2.05) is 24.6 Å². The maximum atomic E-state index is 13.4. The molecule has 0 unspecified atom stereocenters. The lowest BCUT2D eigenvalue weighted by atomic mass is 9.87. The third-order valence-electron chi connectivity index (χ3n) is 6.31. The summed E-state index contributed by atoms with van der Waals surface area (Å²) in [4.78, 5) is 33.4. The molecule has 33 heavy (non-hydrogen) atoms. The number of thiazole rings is 1. The lowest BCUT2D eigenvalue weighted by Gasteiger charge is -2.31. The maximum Gasteiger partial charge on any atom is 0.236 e. The van der Waals surface area contributed by atoms with Crippen molar-refractivity contribution in [3.05, 3.63) is 58.6 Å². The molecule has 0 radical (unpaired) electrons. The smallest absolute Gasteiger partial charge is 0.236 e. The highest BCUT2D eigenvalue weighted by Crippen LogP contribution is 2.31. The van der Waals surface area contributed by atoms with Gasteiger partial charge in [0, 0.05) is 25.5 Å². The average molecular weight is 468 g/mol. The van der Waals surface area contributed by atoms with Crippen molar-refractivity contribution in [2.45, 2.75) is 64.5 Å². The molecule has 0 aliphatic carbocycles. The van der Waals surface area contributed by atoms with Gasteiger partial charge in [-0.05, 0) is 45.2 Å². The van der Waals surface area contributed by atoms with Gasteiger partial charge in [0.2, 0.25) is 5.91 Å². The van der Waals surface area contributed by atoms with Gasteiger partial charge >= 0.3 is 0 Å². The fourth-order valence-electron chi connectivity index (χ4n) is 4.30. The molecule has 1 amide bonds. The summed E-state index contributed by atoms with van der Waals surface area (Å²) in [6.07, 6.45) is 0.443. The molecular formula is C25H29N3O4S. The number of benzene rings is 1. The van der Waals surface area contributed by atoms with Crippen molar-refractivity contribution in [1.82, 2.24) is 15.0 Å². The molecular weight excluding hydrogens is 438 g/mol. The second-order valence-electron chi connectivity index (χ2n) is 9.25. The van der Waals surface area contributed by atoms with E-state index < -0.39 is 17.6 Å². The molecule has 0 saturated carbocycles. The minimum atomic E-state index is -0.978. The summed E-state index contributed by atoms with van der Waals surface area (Å²) in [7, 11) is 0. The summed E-state index contributed by atoms with van der Waals surface area (Å²) in [5.41, 5.74) is 4.74. The molecule has 1 aromatic carbocycles. The Balaban J connectivity index is 1.42. The molecule has 7 nitrogen and oxygen atoms in total. The van der Waals surface area contributed by atoms with E-state index in [4.69, 9.17) is 4.52 Å². The monoisotopic (exact) mass is 467 g/mol. The lowest BCUT2D eigenvalue weighted by molar-refractivity contribution is -0.142. The Labute approximate surface area is 197 Å². The minimum Gasteiger partial charge on any atom is -0.391 e. The van der Waals surface area contributed by atoms with E-state index in [-0.39, 0.29) is 24.7 Å². The van der Waals surface area contributed by atoms with Crippen LogP contribution in [-0.2, 0) is 21.4 Å². The predicted octanol–water partition coefficient (Wildman–Crippen LogP) is 3.86. The second-order valence-corrected chi connectivity index (χ2v) is 10.1. The highest BCUT2D eigenvalue weighted by molar-refractivity contribution is 7.13. The summed E-state index contributed by atoms with van der Waals surface area (Å²) in [6, 6.07) is 9.27. The first-order valence-electron chi connectivity index (χ1n) is 11.1. The zero-order valence-corrected chi connectivity index (χ0v) is 20.2. The van der Waals surface area contributed by atoms with Gasteiger partial charge in [-0.15, -0.1) is 11.3 Å². The quantitative estimate of drug-likeness (QED) is 0.567. The number of carbonyl (C=O) groups excluding carboxylic acids is 2. The molecule has 0 spiro atoms. The Morgan fingerprint density at radius 1 is 1.24 bits per heavy atom. The van der Waals surface area contributed by atoms with Crippen LogP contribution in [0.15, 0.2) is 40.4 Å². The summed E-state index contributed by atoms with van der Waals surface area (Å²) in [5, 5.41) is 14.1. The predicted molar refractivity (Wildman–Crippen MR) is 126 cm³/mol. The number of β-amino-alcohol motifs (C(OH)–C–C–N with tert-alkyl or cyclic N) is 1. The first kappa shape index (κ1) is 23.3. The van der Waals surface area contributed by atoms with E-state index in [0.29, 0.717) is 24.3 Å². The fourth-order valence-corrected chi connectivity index (χ4v) is 5.11. The van der Waals surface area contributed by atoms with E-state index in [1.165, 1.54) is 4.90 Å². The highest BCUT2D eigenvalue weighted by Gasteiger charge is 2.45. The van der Waals surface area contributed by atoms with E-state index in [0.717, 1.165) is 21.7 Å². The van der Waals surface area contributed by atoms with Crippen molar-refractivity contribution in [3.63, 3.8) is 0 Å². The van der Waals surface area contributed by atoms with Crippen molar-refractivity contribution >= 4 is 23.0 Å². The molecule has 8 heteroatoms. The first-order chi connectivity index (χ1) is 15.7. The van der Waals surface area contributed by atoms with Crippen LogP contribution in [-0.4, -0.2) is 50.5 Å². The molecule has 1 aliphatic rings. The molecule has 1 aliphatic heterocycles. The van der Waals surface area contributed by atoms with Gasteiger partial charge in [0.25, 0.3) is 0 Å². The molecule has 1 fully saturated rings. The van der Waals surface area contributed by atoms with Crippen molar-refractivity contribution in [2.75, 3.05) is 6.54 Å². The number of carbonyl (C=O) groups is 2. The number of hydrogen-bond acceptors (Lipinski definition) is 7. The van der Waals surface area contributed by atoms with Gasteiger partial charge < -0.3 is 14.5 Å². The van der Waals surface area contributed by atoms with Crippen molar-refractivity contribution in [3.8, 4) is 10.4 Å².